The standard InChI is InChI=1S/C19H22ClNO3S/c20-16-10-12-17(13-11-16)25(23,24)21(14-15-6-2-1-3-7-15)18-8-4-5-9-19(18)22/h1-3,6-7,10-13,18-19,22H,4-5,8-9,14H2/t18-,19-/m0/s1. The Kier molecular flexibility index (Phi) is 5.79. The molecule has 1 saturated carbocycles. The Balaban J connectivity index is 1.98. The number of sulfonamides is 1. The van der Waals surface area contributed by atoms with Crippen LogP contribution in [-0.4, -0.2) is 30.0 Å². The molecule has 0 aliphatic heterocycles. The fourth-order valence-corrected chi connectivity index (χ4v) is 5.11. The monoisotopic (exact) mass is 379 g/mol. The Morgan fingerprint density at radius 1 is 1.00 bits per heavy atom. The van der Waals surface area contributed by atoms with Crippen molar-refractivity contribution in [2.75, 3.05) is 0 Å². The Hall–Kier alpha value is -1.40. The molecular weight excluding hydrogens is 358 g/mol. The second-order valence-electron chi connectivity index (χ2n) is 6.41. The predicted octanol–water partition coefficient (Wildman–Crippen LogP) is 3.83. The number of hydrogen-bond acceptors (Lipinski definition) is 3. The van der Waals surface area contributed by atoms with Gasteiger partial charge in [0.25, 0.3) is 0 Å². The largest absolute Gasteiger partial charge is 0.391 e. The van der Waals surface area contributed by atoms with Crippen LogP contribution in [0.3, 0.4) is 0 Å². The molecule has 25 heavy (non-hydrogen) atoms. The highest BCUT2D eigenvalue weighted by atomic mass is 35.5. The minimum Gasteiger partial charge on any atom is -0.391 e. The molecule has 0 spiro atoms. The quantitative estimate of drug-likeness (QED) is 0.858. The van der Waals surface area contributed by atoms with Crippen molar-refractivity contribution >= 4 is 21.6 Å². The van der Waals surface area contributed by atoms with Crippen molar-refractivity contribution in [2.45, 2.75) is 49.3 Å². The van der Waals surface area contributed by atoms with Crippen molar-refractivity contribution in [3.05, 3.63) is 65.2 Å². The molecule has 1 aliphatic rings. The predicted molar refractivity (Wildman–Crippen MR) is 98.9 cm³/mol. The molecule has 4 nitrogen and oxygen atoms in total. The van der Waals surface area contributed by atoms with Crippen LogP contribution in [-0.2, 0) is 16.6 Å². The summed E-state index contributed by atoms with van der Waals surface area (Å²) < 4.78 is 28.0. The number of benzene rings is 2. The van der Waals surface area contributed by atoms with Crippen LogP contribution in [0.2, 0.25) is 5.02 Å². The summed E-state index contributed by atoms with van der Waals surface area (Å²) in [5.74, 6) is 0. The third kappa shape index (κ3) is 4.23. The van der Waals surface area contributed by atoms with Crippen LogP contribution in [0.15, 0.2) is 59.5 Å². The summed E-state index contributed by atoms with van der Waals surface area (Å²) in [5.41, 5.74) is 0.901. The van der Waals surface area contributed by atoms with Crippen molar-refractivity contribution in [1.82, 2.24) is 4.31 Å². The molecule has 2 atom stereocenters. The van der Waals surface area contributed by atoms with Crippen molar-refractivity contribution in [2.24, 2.45) is 0 Å². The molecule has 1 aliphatic carbocycles. The van der Waals surface area contributed by atoms with E-state index >= 15 is 0 Å². The van der Waals surface area contributed by atoms with E-state index in [2.05, 4.69) is 0 Å². The molecular formula is C19H22ClNO3S. The first-order valence-corrected chi connectivity index (χ1v) is 10.3. The highest BCUT2D eigenvalue weighted by molar-refractivity contribution is 7.89. The third-order valence-electron chi connectivity index (χ3n) is 4.67. The maximum Gasteiger partial charge on any atom is 0.243 e. The second-order valence-corrected chi connectivity index (χ2v) is 8.74. The van der Waals surface area contributed by atoms with Gasteiger partial charge in [0, 0.05) is 11.6 Å². The summed E-state index contributed by atoms with van der Waals surface area (Å²) in [6.07, 6.45) is 2.51. The normalized spacial score (nSPS) is 21.4. The minimum absolute atomic E-state index is 0.200. The molecule has 0 aromatic heterocycles. The number of nitrogens with zero attached hydrogens (tertiary/aromatic N) is 1. The van der Waals surface area contributed by atoms with Gasteiger partial charge in [0.15, 0.2) is 0 Å². The van der Waals surface area contributed by atoms with Gasteiger partial charge in [-0.2, -0.15) is 4.31 Å². The summed E-state index contributed by atoms with van der Waals surface area (Å²) in [6.45, 7) is 0.244. The lowest BCUT2D eigenvalue weighted by Crippen LogP contribution is -2.48. The fraction of sp³-hybridized carbons (Fsp3) is 0.368. The zero-order valence-corrected chi connectivity index (χ0v) is 15.5. The van der Waals surface area contributed by atoms with E-state index in [1.807, 2.05) is 30.3 Å². The van der Waals surface area contributed by atoms with Gasteiger partial charge in [0.05, 0.1) is 17.0 Å². The van der Waals surface area contributed by atoms with Crippen molar-refractivity contribution in [1.29, 1.82) is 0 Å². The number of rotatable bonds is 5. The van der Waals surface area contributed by atoms with E-state index in [9.17, 15) is 13.5 Å². The van der Waals surface area contributed by atoms with Crippen LogP contribution in [0.5, 0.6) is 0 Å². The van der Waals surface area contributed by atoms with Gasteiger partial charge < -0.3 is 5.11 Å². The van der Waals surface area contributed by atoms with E-state index in [-0.39, 0.29) is 11.4 Å². The molecule has 0 heterocycles. The molecule has 2 aromatic carbocycles. The molecule has 134 valence electrons. The van der Waals surface area contributed by atoms with Gasteiger partial charge in [-0.15, -0.1) is 0 Å². The van der Waals surface area contributed by atoms with Crippen LogP contribution >= 0.6 is 11.6 Å². The van der Waals surface area contributed by atoms with Gasteiger partial charge in [0.2, 0.25) is 10.0 Å². The summed E-state index contributed by atoms with van der Waals surface area (Å²) in [6, 6.07) is 15.3. The van der Waals surface area contributed by atoms with E-state index in [4.69, 9.17) is 11.6 Å². The first kappa shape index (κ1) is 18.4. The van der Waals surface area contributed by atoms with Crippen molar-refractivity contribution in [3.8, 4) is 0 Å². The SMILES string of the molecule is O=S(=O)(c1ccc(Cl)cc1)N(Cc1ccccc1)[C@H]1CCCC[C@@H]1O. The lowest BCUT2D eigenvalue weighted by atomic mass is 9.92. The van der Waals surface area contributed by atoms with Crippen LogP contribution in [0.1, 0.15) is 31.2 Å². The Morgan fingerprint density at radius 3 is 2.28 bits per heavy atom. The fourth-order valence-electron chi connectivity index (χ4n) is 3.31. The zero-order chi connectivity index (χ0) is 17.9. The lowest BCUT2D eigenvalue weighted by Gasteiger charge is -2.36. The average molecular weight is 380 g/mol. The molecule has 1 N–H and O–H groups in total. The Labute approximate surface area is 154 Å². The van der Waals surface area contributed by atoms with E-state index in [1.165, 1.54) is 16.4 Å². The first-order valence-electron chi connectivity index (χ1n) is 8.48. The van der Waals surface area contributed by atoms with Gasteiger partial charge in [-0.05, 0) is 42.7 Å². The summed E-state index contributed by atoms with van der Waals surface area (Å²) >= 11 is 5.89. The van der Waals surface area contributed by atoms with E-state index < -0.39 is 22.2 Å². The number of halogens is 1. The second kappa shape index (κ2) is 7.87. The minimum atomic E-state index is -3.73. The Morgan fingerprint density at radius 2 is 1.64 bits per heavy atom. The van der Waals surface area contributed by atoms with Gasteiger partial charge in [0.1, 0.15) is 0 Å². The molecule has 2 aromatic rings. The van der Waals surface area contributed by atoms with Crippen LogP contribution < -0.4 is 0 Å². The van der Waals surface area contributed by atoms with E-state index in [1.54, 1.807) is 12.1 Å². The maximum atomic E-state index is 13.3. The third-order valence-corrected chi connectivity index (χ3v) is 6.80. The molecule has 0 bridgehead atoms. The number of hydrogen-bond donors (Lipinski definition) is 1. The van der Waals surface area contributed by atoms with Gasteiger partial charge in [-0.25, -0.2) is 8.42 Å². The average Bonchev–Trinajstić information content (AvgIpc) is 2.62. The summed E-state index contributed by atoms with van der Waals surface area (Å²) in [4.78, 5) is 0.200. The van der Waals surface area contributed by atoms with Crippen molar-refractivity contribution < 1.29 is 13.5 Å². The van der Waals surface area contributed by atoms with E-state index in [0.717, 1.165) is 18.4 Å². The highest BCUT2D eigenvalue weighted by Gasteiger charge is 2.36. The van der Waals surface area contributed by atoms with E-state index in [0.29, 0.717) is 17.9 Å². The summed E-state index contributed by atoms with van der Waals surface area (Å²) in [5, 5.41) is 10.9. The molecule has 0 amide bonds. The Bertz CT molecular complexity index is 793. The molecule has 0 unspecified atom stereocenters. The van der Waals surface area contributed by atoms with Crippen LogP contribution in [0.4, 0.5) is 0 Å². The highest BCUT2D eigenvalue weighted by Crippen LogP contribution is 2.30. The zero-order valence-electron chi connectivity index (χ0n) is 13.9. The smallest absolute Gasteiger partial charge is 0.243 e. The van der Waals surface area contributed by atoms with Crippen LogP contribution in [0, 0.1) is 0 Å². The maximum absolute atomic E-state index is 13.3. The number of aliphatic hydroxyl groups excluding tert-OH is 1. The summed E-state index contributed by atoms with van der Waals surface area (Å²) in [7, 11) is -3.73. The molecule has 0 saturated heterocycles. The number of aliphatic hydroxyl groups is 1. The molecule has 6 heteroatoms. The van der Waals surface area contributed by atoms with Crippen LogP contribution in [0.25, 0.3) is 0 Å². The topological polar surface area (TPSA) is 57.6 Å². The molecule has 1 fully saturated rings. The lowest BCUT2D eigenvalue weighted by molar-refractivity contribution is 0.0533. The first-order chi connectivity index (χ1) is 12.0. The van der Waals surface area contributed by atoms with Gasteiger partial charge in [-0.3, -0.25) is 0 Å². The van der Waals surface area contributed by atoms with Gasteiger partial charge in [-0.1, -0.05) is 54.8 Å². The van der Waals surface area contributed by atoms with Crippen molar-refractivity contribution in [3.63, 3.8) is 0 Å². The molecule has 0 radical (unpaired) electrons. The van der Waals surface area contributed by atoms with Gasteiger partial charge >= 0.3 is 0 Å². The molecule has 3 rings (SSSR count).